The monoisotopic (exact) mass is 505 g/mol. The summed E-state index contributed by atoms with van der Waals surface area (Å²) in [6, 6.07) is 3.58. The van der Waals surface area contributed by atoms with E-state index in [1.807, 2.05) is 45.9 Å². The van der Waals surface area contributed by atoms with E-state index in [0.29, 0.717) is 30.8 Å². The van der Waals surface area contributed by atoms with E-state index < -0.39 is 17.7 Å². The van der Waals surface area contributed by atoms with Crippen LogP contribution in [0.4, 0.5) is 19.4 Å². The highest BCUT2D eigenvalue weighted by atomic mass is 19.2. The SMILES string of the molecule is C/C=C\C(=C/C)n1nc(OCC)c(C)c1NC(N)=O.COCCN1CCC(c2ccc(F)c(F)c2)C1. The van der Waals surface area contributed by atoms with Crippen molar-refractivity contribution in [2.75, 3.05) is 45.3 Å². The zero-order chi connectivity index (χ0) is 26.7. The maximum Gasteiger partial charge on any atom is 0.317 e. The molecule has 3 N–H and O–H groups in total. The molecule has 1 fully saturated rings. The van der Waals surface area contributed by atoms with Crippen molar-refractivity contribution < 1.29 is 23.0 Å². The number of benzene rings is 1. The number of rotatable bonds is 9. The predicted molar refractivity (Wildman–Crippen MR) is 138 cm³/mol. The summed E-state index contributed by atoms with van der Waals surface area (Å²) < 4.78 is 38.0. The highest BCUT2D eigenvalue weighted by Crippen LogP contribution is 2.29. The van der Waals surface area contributed by atoms with Crippen LogP contribution >= 0.6 is 0 Å². The number of hydrogen-bond donors (Lipinski definition) is 2. The lowest BCUT2D eigenvalue weighted by atomic mass is 9.98. The van der Waals surface area contributed by atoms with Crippen molar-refractivity contribution in [2.45, 2.75) is 40.0 Å². The summed E-state index contributed by atoms with van der Waals surface area (Å²) in [7, 11) is 1.68. The molecule has 8 nitrogen and oxygen atoms in total. The second-order valence-corrected chi connectivity index (χ2v) is 8.28. The maximum atomic E-state index is 13.1. The van der Waals surface area contributed by atoms with Crippen LogP contribution in [-0.4, -0.2) is 60.7 Å². The van der Waals surface area contributed by atoms with Crippen molar-refractivity contribution in [1.82, 2.24) is 14.7 Å². The Labute approximate surface area is 211 Å². The molecule has 10 heteroatoms. The molecule has 198 valence electrons. The lowest BCUT2D eigenvalue weighted by molar-refractivity contribution is 0.160. The van der Waals surface area contributed by atoms with Crippen molar-refractivity contribution in [1.29, 1.82) is 0 Å². The number of anilines is 1. The second kappa shape index (κ2) is 14.4. The van der Waals surface area contributed by atoms with Gasteiger partial charge in [0.25, 0.3) is 0 Å². The summed E-state index contributed by atoms with van der Waals surface area (Å²) in [6.45, 7) is 11.5. The Kier molecular flexibility index (Phi) is 11.6. The number of nitrogens with two attached hydrogens (primary N) is 1. The molecule has 1 aliphatic rings. The van der Waals surface area contributed by atoms with Crippen molar-refractivity contribution in [3.05, 3.63) is 59.2 Å². The van der Waals surface area contributed by atoms with Crippen LogP contribution in [0.25, 0.3) is 5.70 Å². The van der Waals surface area contributed by atoms with Gasteiger partial charge in [-0.2, -0.15) is 0 Å². The first-order chi connectivity index (χ1) is 17.2. The van der Waals surface area contributed by atoms with Gasteiger partial charge in [-0.15, -0.1) is 5.10 Å². The molecule has 0 bridgehead atoms. The maximum absolute atomic E-state index is 13.1. The number of amides is 2. The molecule has 1 atom stereocenters. The van der Waals surface area contributed by atoms with Crippen molar-refractivity contribution in [3.63, 3.8) is 0 Å². The Morgan fingerprint density at radius 2 is 2.06 bits per heavy atom. The third kappa shape index (κ3) is 7.89. The number of carbonyl (C=O) groups excluding carboxylic acids is 1. The van der Waals surface area contributed by atoms with Crippen molar-refractivity contribution in [3.8, 4) is 5.88 Å². The normalized spacial score (nSPS) is 16.2. The van der Waals surface area contributed by atoms with Gasteiger partial charge in [0.05, 0.1) is 24.5 Å². The number of carbonyl (C=O) groups is 1. The Hall–Kier alpha value is -3.24. The number of allylic oxidation sites excluding steroid dienone is 4. The van der Waals surface area contributed by atoms with Crippen LogP contribution in [0.5, 0.6) is 5.88 Å². The topological polar surface area (TPSA) is 94.6 Å². The van der Waals surface area contributed by atoms with Gasteiger partial charge in [0, 0.05) is 20.2 Å². The zero-order valence-electron chi connectivity index (χ0n) is 21.7. The minimum Gasteiger partial charge on any atom is -0.477 e. The van der Waals surface area contributed by atoms with Crippen LogP contribution in [0.1, 0.15) is 44.2 Å². The van der Waals surface area contributed by atoms with Crippen LogP contribution < -0.4 is 15.8 Å². The molecule has 2 amide bonds. The molecule has 1 saturated heterocycles. The van der Waals surface area contributed by atoms with Gasteiger partial charge in [-0.25, -0.2) is 18.3 Å². The van der Waals surface area contributed by atoms with Crippen molar-refractivity contribution in [2.24, 2.45) is 5.73 Å². The van der Waals surface area contributed by atoms with Crippen LogP contribution in [0.2, 0.25) is 0 Å². The van der Waals surface area contributed by atoms with E-state index in [0.717, 1.165) is 42.9 Å². The fourth-order valence-corrected chi connectivity index (χ4v) is 3.95. The van der Waals surface area contributed by atoms with Crippen LogP contribution in [0.3, 0.4) is 0 Å². The zero-order valence-corrected chi connectivity index (χ0v) is 21.7. The second-order valence-electron chi connectivity index (χ2n) is 8.28. The molecule has 1 unspecified atom stereocenters. The average Bonchev–Trinajstić information content (AvgIpc) is 3.44. The first-order valence-corrected chi connectivity index (χ1v) is 12.0. The Morgan fingerprint density at radius 1 is 1.31 bits per heavy atom. The molecule has 0 aliphatic carbocycles. The minimum atomic E-state index is -0.775. The first-order valence-electron chi connectivity index (χ1n) is 12.0. The van der Waals surface area contributed by atoms with E-state index in [9.17, 15) is 13.6 Å². The number of nitrogens with zero attached hydrogens (tertiary/aromatic N) is 3. The van der Waals surface area contributed by atoms with Crippen LogP contribution in [0, 0.1) is 18.6 Å². The summed E-state index contributed by atoms with van der Waals surface area (Å²) in [4.78, 5) is 13.4. The third-order valence-electron chi connectivity index (χ3n) is 5.78. The van der Waals surface area contributed by atoms with E-state index in [4.69, 9.17) is 15.2 Å². The number of nitrogens with one attached hydrogen (secondary N) is 1. The number of aromatic nitrogens is 2. The van der Waals surface area contributed by atoms with Gasteiger partial charge in [-0.3, -0.25) is 5.32 Å². The molecule has 0 spiro atoms. The number of halogens is 2. The molecule has 0 radical (unpaired) electrons. The Balaban J connectivity index is 0.000000255. The van der Waals surface area contributed by atoms with Gasteiger partial charge in [-0.1, -0.05) is 18.2 Å². The predicted octanol–water partition coefficient (Wildman–Crippen LogP) is 4.92. The number of urea groups is 1. The molecule has 1 aromatic heterocycles. The van der Waals surface area contributed by atoms with E-state index in [-0.39, 0.29) is 0 Å². The van der Waals surface area contributed by atoms with E-state index >= 15 is 0 Å². The highest BCUT2D eigenvalue weighted by molar-refractivity contribution is 5.89. The van der Waals surface area contributed by atoms with E-state index in [1.165, 1.54) is 12.1 Å². The Bertz CT molecular complexity index is 1070. The Morgan fingerprint density at radius 3 is 2.64 bits per heavy atom. The lowest BCUT2D eigenvalue weighted by Crippen LogP contribution is -2.24. The van der Waals surface area contributed by atoms with Gasteiger partial charge in [0.1, 0.15) is 5.82 Å². The number of hydrogen-bond acceptors (Lipinski definition) is 5. The molecule has 1 aliphatic heterocycles. The standard InChI is InChI=1S/C13H17F2NO.C13H20N4O2/c1-17-7-6-16-5-4-11(9-16)10-2-3-12(14)13(15)8-10;1-5-8-10(6-2)17-11(15-13(14)18)9(4)12(16-17)19-7-3/h2-3,8,11H,4-7,9H2,1H3;5-6,8H,7H2,1-4H3,(H3,14,15,18)/b;8-5-,10-6+. The minimum absolute atomic E-state index is 0.307. The summed E-state index contributed by atoms with van der Waals surface area (Å²) in [5, 5.41) is 6.93. The van der Waals surface area contributed by atoms with Gasteiger partial charge < -0.3 is 20.1 Å². The number of methoxy groups -OCH3 is 1. The summed E-state index contributed by atoms with van der Waals surface area (Å²) >= 11 is 0. The molecule has 0 saturated carbocycles. The third-order valence-corrected chi connectivity index (χ3v) is 5.78. The fraction of sp³-hybridized carbons (Fsp3) is 0.462. The highest BCUT2D eigenvalue weighted by Gasteiger charge is 2.24. The summed E-state index contributed by atoms with van der Waals surface area (Å²) in [6.07, 6.45) is 6.65. The number of likely N-dealkylation sites (tertiary alicyclic amines) is 1. The first kappa shape index (κ1) is 29.0. The molecule has 1 aromatic carbocycles. The largest absolute Gasteiger partial charge is 0.477 e. The van der Waals surface area contributed by atoms with E-state index in [2.05, 4.69) is 15.3 Å². The van der Waals surface area contributed by atoms with Gasteiger partial charge in [0.15, 0.2) is 11.6 Å². The van der Waals surface area contributed by atoms with Crippen LogP contribution in [-0.2, 0) is 4.74 Å². The fourth-order valence-electron chi connectivity index (χ4n) is 3.95. The van der Waals surface area contributed by atoms with Gasteiger partial charge in [0.2, 0.25) is 5.88 Å². The molecule has 2 aromatic rings. The van der Waals surface area contributed by atoms with Crippen LogP contribution in [0.15, 0.2) is 36.4 Å². The summed E-state index contributed by atoms with van der Waals surface area (Å²) in [5.41, 5.74) is 7.64. The average molecular weight is 506 g/mol. The van der Waals surface area contributed by atoms with Gasteiger partial charge in [-0.05, 0) is 70.4 Å². The van der Waals surface area contributed by atoms with E-state index in [1.54, 1.807) is 17.9 Å². The molecular weight excluding hydrogens is 468 g/mol. The molecule has 36 heavy (non-hydrogen) atoms. The number of ether oxygens (including phenoxy) is 2. The smallest absolute Gasteiger partial charge is 0.317 e. The lowest BCUT2D eigenvalue weighted by Gasteiger charge is -2.15. The number of primary amides is 1. The summed E-state index contributed by atoms with van der Waals surface area (Å²) in [5.74, 6) is -0.222. The van der Waals surface area contributed by atoms with Crippen molar-refractivity contribution >= 4 is 17.5 Å². The molecule has 3 rings (SSSR count). The van der Waals surface area contributed by atoms with Gasteiger partial charge >= 0.3 is 6.03 Å². The molecular formula is C26H37F2N5O3. The molecule has 2 heterocycles. The quantitative estimate of drug-likeness (QED) is 0.472.